The Labute approximate surface area is 440 Å². The molecule has 18 nitrogen and oxygen atoms in total. The van der Waals surface area contributed by atoms with Crippen LogP contribution in [0.1, 0.15) is 78.5 Å². The van der Waals surface area contributed by atoms with Gasteiger partial charge in [0.05, 0.1) is 48.0 Å². The number of aromatic hydroxyl groups is 2. The Morgan fingerprint density at radius 2 is 1.69 bits per heavy atom. The number of benzene rings is 4. The summed E-state index contributed by atoms with van der Waals surface area (Å²) in [6.45, 7) is 13.9. The molecule has 4 aliphatic heterocycles. The highest BCUT2D eigenvalue weighted by atomic mass is 35.5. The molecule has 4 N–H and O–H groups in total. The number of piperazine rings is 1. The van der Waals surface area contributed by atoms with Crippen LogP contribution in [0.2, 0.25) is 5.02 Å². The number of phenols is 2. The molecular formula is C56H61ClN12O6. The first-order valence-corrected chi connectivity index (χ1v) is 26.1. The molecule has 0 saturated carbocycles. The van der Waals surface area contributed by atoms with Gasteiger partial charge in [0.25, 0.3) is 5.91 Å². The van der Waals surface area contributed by atoms with Crippen LogP contribution < -0.4 is 20.3 Å². The normalized spacial score (nSPS) is 18.3. The maximum Gasteiger partial charge on any atom is 0.318 e. The number of ether oxygens (including phenoxy) is 1. The summed E-state index contributed by atoms with van der Waals surface area (Å²) in [6, 6.07) is 24.9. The molecule has 4 aliphatic rings. The molecule has 0 unspecified atom stereocenters. The molecule has 0 bridgehead atoms. The van der Waals surface area contributed by atoms with Crippen LogP contribution in [0.5, 0.6) is 17.5 Å². The largest absolute Gasteiger partial charge is 0.508 e. The van der Waals surface area contributed by atoms with Gasteiger partial charge < -0.3 is 40.3 Å². The molecule has 3 amide bonds. The monoisotopic (exact) mass is 1030 g/mol. The fraction of sp³-hybridized carbons (Fsp3) is 0.393. The Morgan fingerprint density at radius 3 is 2.43 bits per heavy atom. The van der Waals surface area contributed by atoms with Gasteiger partial charge in [-0.3, -0.25) is 23.9 Å². The standard InChI is InChI=1S/C56H61ClN12O6/c1-4-49(72)68-26-25-66(31-40(68)15-20-58)52-41-19-24-65(46-10-6-8-37-7-5-9-44(57)50(37)46)32-45(41)60-56(61-52)75-33-36-16-23-67(30-36)55(74)38-17-21-64(22-18-38)29-35-11-13-39(14-12-35)69-53(62-63-54(69)51(59)73)43-27-42(34(2)3)47(70)28-48(43)71/h4-14,27-28,34,36,38,40,70-71H,1,15-19,21-26,29-33H2,2-3H3,(H2,59,73)/t36-,40+/m1/s1. The minimum Gasteiger partial charge on any atom is -0.508 e. The minimum absolute atomic E-state index is 0.0389. The number of fused-ring (bicyclic) bond motifs is 2. The van der Waals surface area contributed by atoms with Gasteiger partial charge in [0.2, 0.25) is 17.6 Å². The molecule has 3 saturated heterocycles. The van der Waals surface area contributed by atoms with Crippen molar-refractivity contribution in [2.75, 3.05) is 68.8 Å². The van der Waals surface area contributed by atoms with E-state index in [4.69, 9.17) is 32.0 Å². The lowest BCUT2D eigenvalue weighted by Gasteiger charge is -2.42. The molecule has 10 rings (SSSR count). The summed E-state index contributed by atoms with van der Waals surface area (Å²) < 4.78 is 8.01. The van der Waals surface area contributed by atoms with Crippen molar-refractivity contribution >= 4 is 51.6 Å². The van der Waals surface area contributed by atoms with E-state index in [1.165, 1.54) is 16.7 Å². The number of hydrogen-bond donors (Lipinski definition) is 3. The van der Waals surface area contributed by atoms with E-state index in [-0.39, 0.29) is 71.2 Å². The SMILES string of the molecule is C=CC(=O)N1CCN(c2nc(OC[C@@H]3CCN(C(=O)C4CCN(Cc5ccc(-n6c(C(N)=O)nnc6-c6cc(C(C)C)c(O)cc6O)cc5)CC4)C3)nc3c2CCN(c2cccc4cccc(Cl)c24)C3)C[C@@H]1CC#N. The van der Waals surface area contributed by atoms with Gasteiger partial charge in [-0.15, -0.1) is 10.2 Å². The Kier molecular flexibility index (Phi) is 14.6. The molecular weight excluding hydrogens is 972 g/mol. The summed E-state index contributed by atoms with van der Waals surface area (Å²) in [6.07, 6.45) is 4.45. The quantitative estimate of drug-likeness (QED) is 0.0937. The number of primary amides is 1. The van der Waals surface area contributed by atoms with E-state index < -0.39 is 5.91 Å². The van der Waals surface area contributed by atoms with Crippen LogP contribution in [0.25, 0.3) is 27.8 Å². The van der Waals surface area contributed by atoms with Crippen molar-refractivity contribution in [1.29, 1.82) is 5.26 Å². The molecule has 4 aromatic carbocycles. The van der Waals surface area contributed by atoms with Gasteiger partial charge in [0.15, 0.2) is 5.82 Å². The Hall–Kier alpha value is -7.75. The van der Waals surface area contributed by atoms with E-state index in [0.717, 1.165) is 78.0 Å². The zero-order chi connectivity index (χ0) is 52.5. The van der Waals surface area contributed by atoms with Crippen molar-refractivity contribution in [3.05, 3.63) is 119 Å². The number of carbonyl (C=O) groups excluding carboxylic acids is 3. The van der Waals surface area contributed by atoms with Gasteiger partial charge in [0, 0.05) is 86.0 Å². The molecule has 2 atom stereocenters. The first-order valence-electron chi connectivity index (χ1n) is 25.7. The van der Waals surface area contributed by atoms with Crippen LogP contribution in [-0.4, -0.2) is 132 Å². The van der Waals surface area contributed by atoms with Crippen LogP contribution in [-0.2, 0) is 29.1 Å². The number of halogens is 1. The van der Waals surface area contributed by atoms with Crippen LogP contribution in [0.15, 0.2) is 85.5 Å². The highest BCUT2D eigenvalue weighted by molar-refractivity contribution is 6.36. The minimum atomic E-state index is -0.777. The van der Waals surface area contributed by atoms with Gasteiger partial charge in [-0.25, -0.2) is 0 Å². The third-order valence-electron chi connectivity index (χ3n) is 15.2. The molecule has 0 radical (unpaired) electrons. The van der Waals surface area contributed by atoms with Crippen molar-refractivity contribution in [2.24, 2.45) is 17.6 Å². The number of anilines is 2. The van der Waals surface area contributed by atoms with Crippen molar-refractivity contribution < 1.29 is 29.3 Å². The molecule has 6 heterocycles. The maximum absolute atomic E-state index is 14.0. The number of aromatic nitrogens is 5. The lowest BCUT2D eigenvalue weighted by atomic mass is 9.95. The molecule has 2 aromatic heterocycles. The average molecular weight is 1030 g/mol. The maximum atomic E-state index is 14.0. The van der Waals surface area contributed by atoms with E-state index in [1.54, 1.807) is 11.0 Å². The van der Waals surface area contributed by atoms with Crippen molar-refractivity contribution in [2.45, 2.75) is 71.0 Å². The van der Waals surface area contributed by atoms with E-state index in [2.05, 4.69) is 55.7 Å². The van der Waals surface area contributed by atoms with Gasteiger partial charge in [-0.05, 0) is 97.6 Å². The average Bonchev–Trinajstić information content (AvgIpc) is 4.09. The summed E-state index contributed by atoms with van der Waals surface area (Å²) in [4.78, 5) is 59.9. The van der Waals surface area contributed by atoms with E-state index in [9.17, 15) is 29.9 Å². The highest BCUT2D eigenvalue weighted by Crippen LogP contribution is 2.40. The van der Waals surface area contributed by atoms with Crippen molar-refractivity contribution in [3.63, 3.8) is 0 Å². The number of carbonyl (C=O) groups is 3. The predicted molar refractivity (Wildman–Crippen MR) is 285 cm³/mol. The van der Waals surface area contributed by atoms with Crippen LogP contribution >= 0.6 is 11.6 Å². The smallest absolute Gasteiger partial charge is 0.318 e. The zero-order valence-electron chi connectivity index (χ0n) is 42.2. The van der Waals surface area contributed by atoms with Crippen LogP contribution in [0.3, 0.4) is 0 Å². The second-order valence-electron chi connectivity index (χ2n) is 20.3. The molecule has 3 fully saturated rings. The predicted octanol–water partition coefficient (Wildman–Crippen LogP) is 6.98. The van der Waals surface area contributed by atoms with Crippen LogP contribution in [0, 0.1) is 23.2 Å². The van der Waals surface area contributed by atoms with E-state index >= 15 is 0 Å². The summed E-state index contributed by atoms with van der Waals surface area (Å²) in [5, 5.41) is 42.0. The van der Waals surface area contributed by atoms with Crippen LogP contribution in [0.4, 0.5) is 11.5 Å². The first kappa shape index (κ1) is 50.8. The zero-order valence-corrected chi connectivity index (χ0v) is 43.0. The first-order chi connectivity index (χ1) is 36.3. The second kappa shape index (κ2) is 21.6. The summed E-state index contributed by atoms with van der Waals surface area (Å²) in [5.41, 5.74) is 11.2. The topological polar surface area (TPSA) is 223 Å². The number of hydrogen-bond acceptors (Lipinski definition) is 14. The van der Waals surface area contributed by atoms with Crippen molar-refractivity contribution in [1.82, 2.24) is 39.4 Å². The van der Waals surface area contributed by atoms with Crippen molar-refractivity contribution in [3.8, 4) is 40.7 Å². The van der Waals surface area contributed by atoms with E-state index in [1.807, 2.05) is 61.2 Å². The number of nitrogens with two attached hydrogens (primary N) is 1. The summed E-state index contributed by atoms with van der Waals surface area (Å²) in [7, 11) is 0. The summed E-state index contributed by atoms with van der Waals surface area (Å²) in [5.74, 6) is -0.170. The third-order valence-corrected chi connectivity index (χ3v) is 15.6. The fourth-order valence-corrected chi connectivity index (χ4v) is 11.5. The molecule has 75 heavy (non-hydrogen) atoms. The number of nitriles is 1. The number of nitrogens with zero attached hydrogens (tertiary/aromatic N) is 11. The van der Waals surface area contributed by atoms with Gasteiger partial charge in [0.1, 0.15) is 17.3 Å². The van der Waals surface area contributed by atoms with E-state index in [0.29, 0.717) is 80.7 Å². The number of piperidine rings is 1. The lowest BCUT2D eigenvalue weighted by molar-refractivity contribution is -0.136. The number of phenolic OH excluding ortho intramolecular Hbond substituents is 2. The molecule has 0 aliphatic carbocycles. The highest BCUT2D eigenvalue weighted by Gasteiger charge is 2.36. The van der Waals surface area contributed by atoms with Gasteiger partial charge in [-0.1, -0.05) is 68.4 Å². The van der Waals surface area contributed by atoms with Gasteiger partial charge in [-0.2, -0.15) is 15.2 Å². The molecule has 388 valence electrons. The Balaban J connectivity index is 0.777. The number of likely N-dealkylation sites (tertiary alicyclic amines) is 2. The number of rotatable bonds is 14. The third kappa shape index (κ3) is 10.4. The second-order valence-corrected chi connectivity index (χ2v) is 20.7. The number of amides is 3. The fourth-order valence-electron chi connectivity index (χ4n) is 11.3. The summed E-state index contributed by atoms with van der Waals surface area (Å²) >= 11 is 6.80. The Bertz CT molecular complexity index is 3200. The lowest BCUT2D eigenvalue weighted by Crippen LogP contribution is -2.55. The molecule has 6 aromatic rings. The molecule has 0 spiro atoms. The Morgan fingerprint density at radius 1 is 0.920 bits per heavy atom. The molecule has 19 heteroatoms. The van der Waals surface area contributed by atoms with Gasteiger partial charge >= 0.3 is 6.01 Å².